The lowest BCUT2D eigenvalue weighted by Gasteiger charge is -2.20. The number of amides is 1. The number of nitrogens with one attached hydrogen (secondary N) is 1. The molecule has 1 amide bonds. The van der Waals surface area contributed by atoms with Gasteiger partial charge in [-0.3, -0.25) is 4.79 Å². The summed E-state index contributed by atoms with van der Waals surface area (Å²) in [4.78, 5) is 12.4. The van der Waals surface area contributed by atoms with Gasteiger partial charge in [0.15, 0.2) is 0 Å². The molecule has 0 aliphatic heterocycles. The third kappa shape index (κ3) is 44.3. The van der Waals surface area contributed by atoms with Gasteiger partial charge in [-0.2, -0.15) is 0 Å². The van der Waals surface area contributed by atoms with Gasteiger partial charge in [0.2, 0.25) is 5.91 Å². The van der Waals surface area contributed by atoms with E-state index in [9.17, 15) is 15.0 Å². The van der Waals surface area contributed by atoms with Gasteiger partial charge in [0, 0.05) is 6.42 Å². The predicted octanol–water partition coefficient (Wildman–Crippen LogP) is 15.4. The number of unbranched alkanes of at least 4 members (excludes halogenated alkanes) is 21. The molecule has 0 saturated carbocycles. The summed E-state index contributed by atoms with van der Waals surface area (Å²) in [7, 11) is 0. The number of carbonyl (C=O) groups excluding carboxylic acids is 1. The summed E-state index contributed by atoms with van der Waals surface area (Å²) < 4.78 is 0. The Morgan fingerprint density at radius 3 is 1.16 bits per heavy atom. The van der Waals surface area contributed by atoms with Crippen molar-refractivity contribution in [2.24, 2.45) is 0 Å². The Balaban J connectivity index is 3.54. The first-order valence-corrected chi connectivity index (χ1v) is 24.0. The van der Waals surface area contributed by atoms with Crippen molar-refractivity contribution in [2.45, 2.75) is 225 Å². The van der Waals surface area contributed by atoms with Gasteiger partial charge in [-0.15, -0.1) is 0 Å². The van der Waals surface area contributed by atoms with Gasteiger partial charge < -0.3 is 15.5 Å². The molecule has 0 aliphatic carbocycles. The van der Waals surface area contributed by atoms with Crippen LogP contribution in [0.2, 0.25) is 0 Å². The van der Waals surface area contributed by atoms with Crippen LogP contribution in [-0.4, -0.2) is 34.9 Å². The Hall–Kier alpha value is -2.69. The molecule has 326 valence electrons. The molecule has 57 heavy (non-hydrogen) atoms. The van der Waals surface area contributed by atoms with Crippen molar-refractivity contribution in [3.05, 3.63) is 97.2 Å². The van der Waals surface area contributed by atoms with Gasteiger partial charge in [-0.1, -0.05) is 227 Å². The van der Waals surface area contributed by atoms with E-state index in [1.54, 1.807) is 6.08 Å². The fourth-order valence-corrected chi connectivity index (χ4v) is 6.69. The number of hydrogen-bond acceptors (Lipinski definition) is 3. The molecule has 0 aromatic rings. The third-order valence-electron chi connectivity index (χ3n) is 10.3. The Morgan fingerprint density at radius 2 is 0.772 bits per heavy atom. The summed E-state index contributed by atoms with van der Waals surface area (Å²) in [5, 5.41) is 22.9. The summed E-state index contributed by atoms with van der Waals surface area (Å²) in [6, 6.07) is -0.625. The van der Waals surface area contributed by atoms with Crippen LogP contribution < -0.4 is 5.32 Å². The van der Waals surface area contributed by atoms with Crippen molar-refractivity contribution in [1.82, 2.24) is 5.32 Å². The molecule has 0 radical (unpaired) electrons. The second-order valence-corrected chi connectivity index (χ2v) is 15.8. The second-order valence-electron chi connectivity index (χ2n) is 15.8. The summed E-state index contributed by atoms with van der Waals surface area (Å²) >= 11 is 0. The van der Waals surface area contributed by atoms with Crippen molar-refractivity contribution in [3.63, 3.8) is 0 Å². The number of aliphatic hydroxyl groups is 2. The maximum absolute atomic E-state index is 12.4. The van der Waals surface area contributed by atoms with E-state index in [1.165, 1.54) is 122 Å². The van der Waals surface area contributed by atoms with Crippen LogP contribution >= 0.6 is 0 Å². The second kappa shape index (κ2) is 47.7. The smallest absolute Gasteiger partial charge is 0.220 e. The standard InChI is InChI=1S/C53H91NO3/c1-3-5-7-9-11-13-15-16-17-18-19-20-21-22-23-24-25-26-27-28-29-30-31-32-33-34-35-36-37-38-39-41-43-45-47-49-53(57)54-51(50-55)52(56)48-46-44-42-40-14-12-10-8-6-4-2/h5,7,11,13,16-17,19-20,22-23,25-26,28-29,46,48,51-52,55-56H,3-4,6,8-10,12,14-15,18,21,24,27,30-45,47,49-50H2,1-2H3,(H,54,57)/b7-5-,13-11-,17-16-,20-19-,23-22-,26-25-,29-28-,48-46+. The Morgan fingerprint density at radius 1 is 0.439 bits per heavy atom. The van der Waals surface area contributed by atoms with Crippen molar-refractivity contribution in [3.8, 4) is 0 Å². The lowest BCUT2D eigenvalue weighted by atomic mass is 10.0. The van der Waals surface area contributed by atoms with E-state index in [-0.39, 0.29) is 12.5 Å². The Labute approximate surface area is 353 Å². The van der Waals surface area contributed by atoms with Crippen LogP contribution in [0.3, 0.4) is 0 Å². The fraction of sp³-hybridized carbons (Fsp3) is 0.679. The average molecular weight is 790 g/mol. The lowest BCUT2D eigenvalue weighted by Crippen LogP contribution is -2.45. The molecule has 4 nitrogen and oxygen atoms in total. The maximum atomic E-state index is 12.4. The van der Waals surface area contributed by atoms with Crippen molar-refractivity contribution < 1.29 is 15.0 Å². The molecule has 0 rings (SSSR count). The maximum Gasteiger partial charge on any atom is 0.220 e. The van der Waals surface area contributed by atoms with Crippen LogP contribution in [0.25, 0.3) is 0 Å². The number of rotatable bonds is 42. The minimum Gasteiger partial charge on any atom is -0.394 e. The predicted molar refractivity (Wildman–Crippen MR) is 253 cm³/mol. The monoisotopic (exact) mass is 790 g/mol. The zero-order valence-corrected chi connectivity index (χ0v) is 37.3. The van der Waals surface area contributed by atoms with Crippen molar-refractivity contribution in [1.29, 1.82) is 0 Å². The van der Waals surface area contributed by atoms with Gasteiger partial charge in [0.05, 0.1) is 18.8 Å². The molecular formula is C53H91NO3. The average Bonchev–Trinajstić information content (AvgIpc) is 3.22. The highest BCUT2D eigenvalue weighted by Gasteiger charge is 2.17. The number of allylic oxidation sites excluding steroid dienone is 15. The molecule has 0 saturated heterocycles. The highest BCUT2D eigenvalue weighted by molar-refractivity contribution is 5.76. The molecule has 2 atom stereocenters. The first-order valence-electron chi connectivity index (χ1n) is 24.0. The molecular weight excluding hydrogens is 699 g/mol. The number of hydrogen-bond donors (Lipinski definition) is 3. The molecule has 2 unspecified atom stereocenters. The molecule has 0 fully saturated rings. The highest BCUT2D eigenvalue weighted by atomic mass is 16.3. The molecule has 0 aliphatic rings. The fourth-order valence-electron chi connectivity index (χ4n) is 6.69. The molecule has 0 aromatic heterocycles. The van der Waals surface area contributed by atoms with E-state index >= 15 is 0 Å². The minimum atomic E-state index is -0.842. The quantitative estimate of drug-likeness (QED) is 0.0426. The van der Waals surface area contributed by atoms with Crippen LogP contribution in [0.1, 0.15) is 213 Å². The van der Waals surface area contributed by atoms with E-state index in [0.717, 1.165) is 70.6 Å². The van der Waals surface area contributed by atoms with Gasteiger partial charge in [-0.25, -0.2) is 0 Å². The summed E-state index contributed by atoms with van der Waals surface area (Å²) in [5.74, 6) is -0.0714. The summed E-state index contributed by atoms with van der Waals surface area (Å²) in [5.41, 5.74) is 0. The van der Waals surface area contributed by atoms with Gasteiger partial charge >= 0.3 is 0 Å². The zero-order chi connectivity index (χ0) is 41.4. The molecule has 0 aromatic carbocycles. The SMILES string of the molecule is CC/C=C\C/C=C\C/C=C\C/C=C\C/C=C\C/C=C\C/C=C\CCCCCCCCCCCCCCCC(=O)NC(CO)C(O)/C=C/CCCCCCCCCC. The van der Waals surface area contributed by atoms with E-state index in [0.29, 0.717) is 6.42 Å². The Kier molecular flexibility index (Phi) is 45.4. The number of aliphatic hydroxyl groups excluding tert-OH is 2. The molecule has 4 heteroatoms. The normalized spacial score (nSPS) is 13.8. The zero-order valence-electron chi connectivity index (χ0n) is 37.3. The largest absolute Gasteiger partial charge is 0.394 e. The van der Waals surface area contributed by atoms with Crippen LogP contribution in [0.5, 0.6) is 0 Å². The van der Waals surface area contributed by atoms with E-state index < -0.39 is 12.1 Å². The highest BCUT2D eigenvalue weighted by Crippen LogP contribution is 2.14. The molecule has 0 heterocycles. The van der Waals surface area contributed by atoms with Gasteiger partial charge in [0.1, 0.15) is 0 Å². The summed E-state index contributed by atoms with van der Waals surface area (Å²) in [6.45, 7) is 4.16. The van der Waals surface area contributed by atoms with Crippen LogP contribution in [-0.2, 0) is 4.79 Å². The van der Waals surface area contributed by atoms with Crippen molar-refractivity contribution >= 4 is 5.91 Å². The molecule has 3 N–H and O–H groups in total. The van der Waals surface area contributed by atoms with E-state index in [4.69, 9.17) is 0 Å². The lowest BCUT2D eigenvalue weighted by molar-refractivity contribution is -0.123. The van der Waals surface area contributed by atoms with Crippen LogP contribution in [0.15, 0.2) is 97.2 Å². The summed E-state index contributed by atoms with van der Waals surface area (Å²) in [6.07, 6.45) is 71.1. The first-order chi connectivity index (χ1) is 28.2. The van der Waals surface area contributed by atoms with Crippen molar-refractivity contribution in [2.75, 3.05) is 6.61 Å². The minimum absolute atomic E-state index is 0.0714. The van der Waals surface area contributed by atoms with Crippen LogP contribution in [0.4, 0.5) is 0 Å². The van der Waals surface area contributed by atoms with E-state index in [1.807, 2.05) is 6.08 Å². The molecule has 0 bridgehead atoms. The Bertz CT molecular complexity index is 1080. The topological polar surface area (TPSA) is 69.6 Å². The third-order valence-corrected chi connectivity index (χ3v) is 10.3. The molecule has 0 spiro atoms. The van der Waals surface area contributed by atoms with Gasteiger partial charge in [-0.05, 0) is 77.0 Å². The van der Waals surface area contributed by atoms with E-state index in [2.05, 4.69) is 104 Å². The number of carbonyl (C=O) groups is 1. The van der Waals surface area contributed by atoms with Crippen LogP contribution in [0, 0.1) is 0 Å². The van der Waals surface area contributed by atoms with Gasteiger partial charge in [0.25, 0.3) is 0 Å². The first kappa shape index (κ1) is 54.3.